The highest BCUT2D eigenvalue weighted by molar-refractivity contribution is 7.16. The smallest absolute Gasteiger partial charge is 0.409 e. The van der Waals surface area contributed by atoms with Crippen molar-refractivity contribution in [3.63, 3.8) is 0 Å². The number of aliphatic hydroxyl groups is 2. The molecule has 10 heteroatoms. The highest BCUT2D eigenvalue weighted by Crippen LogP contribution is 2.38. The molecule has 3 rings (SSSR count). The monoisotopic (exact) mass is 456 g/mol. The number of nitrogens with zero attached hydrogens (tertiary/aromatic N) is 3. The average molecular weight is 457 g/mol. The second kappa shape index (κ2) is 10.9. The van der Waals surface area contributed by atoms with Gasteiger partial charge in [0.05, 0.1) is 24.8 Å². The van der Waals surface area contributed by atoms with Gasteiger partial charge in [-0.3, -0.25) is 9.78 Å². The van der Waals surface area contributed by atoms with E-state index < -0.39 is 18.8 Å². The molecule has 32 heavy (non-hydrogen) atoms. The Hall–Kier alpha value is -3.26. The van der Waals surface area contributed by atoms with Crippen molar-refractivity contribution < 1.29 is 24.5 Å². The molecule has 2 heterocycles. The van der Waals surface area contributed by atoms with Crippen LogP contribution < -0.4 is 5.32 Å². The van der Waals surface area contributed by atoms with Crippen molar-refractivity contribution in [2.45, 2.75) is 31.5 Å². The number of nitrogens with one attached hydrogen (secondary N) is 1. The van der Waals surface area contributed by atoms with E-state index in [1.165, 1.54) is 29.4 Å². The molecule has 0 fully saturated rings. The first-order chi connectivity index (χ1) is 15.4. The Morgan fingerprint density at radius 3 is 3.03 bits per heavy atom. The minimum Gasteiger partial charge on any atom is -0.446 e. The van der Waals surface area contributed by atoms with Gasteiger partial charge in [0.25, 0.3) is 0 Å². The Kier molecular flexibility index (Phi) is 7.94. The Labute approximate surface area is 189 Å². The van der Waals surface area contributed by atoms with Crippen molar-refractivity contribution in [3.05, 3.63) is 52.2 Å². The summed E-state index contributed by atoms with van der Waals surface area (Å²) >= 11 is 1.31. The van der Waals surface area contributed by atoms with Crippen LogP contribution in [0.3, 0.4) is 0 Å². The maximum absolute atomic E-state index is 12.3. The molecule has 2 unspecified atom stereocenters. The largest absolute Gasteiger partial charge is 0.446 e. The van der Waals surface area contributed by atoms with E-state index in [0.29, 0.717) is 29.8 Å². The fourth-order valence-electron chi connectivity index (χ4n) is 3.34. The SMILES string of the molecule is CN(CC(O)CO)C(=O)OC1CCc2c(sc(NC(=O)/C=C/c3cccnc3)c2C#N)C1. The number of rotatable bonds is 7. The topological polar surface area (TPSA) is 136 Å². The van der Waals surface area contributed by atoms with Crippen LogP contribution in [-0.4, -0.2) is 64.5 Å². The highest BCUT2D eigenvalue weighted by Gasteiger charge is 2.29. The lowest BCUT2D eigenvalue weighted by molar-refractivity contribution is -0.111. The molecule has 9 nitrogen and oxygen atoms in total. The third-order valence-electron chi connectivity index (χ3n) is 4.95. The first kappa shape index (κ1) is 23.4. The molecule has 0 spiro atoms. The number of carbonyl (C=O) groups is 2. The van der Waals surface area contributed by atoms with Gasteiger partial charge in [-0.25, -0.2) is 4.79 Å². The van der Waals surface area contributed by atoms with Gasteiger partial charge in [-0.1, -0.05) is 6.07 Å². The number of nitriles is 1. The number of hydrogen-bond acceptors (Lipinski definition) is 8. The first-order valence-corrected chi connectivity index (χ1v) is 10.9. The summed E-state index contributed by atoms with van der Waals surface area (Å²) in [7, 11) is 1.49. The van der Waals surface area contributed by atoms with Gasteiger partial charge in [-0.05, 0) is 36.1 Å². The molecule has 0 saturated heterocycles. The van der Waals surface area contributed by atoms with Crippen LogP contribution in [0.25, 0.3) is 6.08 Å². The third kappa shape index (κ3) is 5.91. The quantitative estimate of drug-likeness (QED) is 0.542. The first-order valence-electron chi connectivity index (χ1n) is 10.1. The molecule has 3 N–H and O–H groups in total. The van der Waals surface area contributed by atoms with Crippen molar-refractivity contribution in [2.75, 3.05) is 25.5 Å². The summed E-state index contributed by atoms with van der Waals surface area (Å²) in [5, 5.41) is 31.3. The summed E-state index contributed by atoms with van der Waals surface area (Å²) in [6, 6.07) is 5.78. The van der Waals surface area contributed by atoms with Crippen molar-refractivity contribution in [2.24, 2.45) is 0 Å². The van der Waals surface area contributed by atoms with Crippen LogP contribution >= 0.6 is 11.3 Å². The van der Waals surface area contributed by atoms with Crippen LogP contribution in [0.15, 0.2) is 30.6 Å². The van der Waals surface area contributed by atoms with Gasteiger partial charge in [0.2, 0.25) is 5.91 Å². The molecule has 0 aromatic carbocycles. The maximum Gasteiger partial charge on any atom is 0.409 e. The fraction of sp³-hybridized carbons (Fsp3) is 0.364. The summed E-state index contributed by atoms with van der Waals surface area (Å²) in [6.45, 7) is -0.476. The predicted octanol–water partition coefficient (Wildman–Crippen LogP) is 1.95. The number of ether oxygens (including phenoxy) is 1. The van der Waals surface area contributed by atoms with Crippen LogP contribution in [0.1, 0.15) is 28.0 Å². The van der Waals surface area contributed by atoms with Gasteiger partial charge in [0.1, 0.15) is 17.2 Å². The average Bonchev–Trinajstić information content (AvgIpc) is 3.14. The third-order valence-corrected chi connectivity index (χ3v) is 6.12. The van der Waals surface area contributed by atoms with Crippen molar-refractivity contribution >= 4 is 34.4 Å². The fourth-order valence-corrected chi connectivity index (χ4v) is 4.61. The van der Waals surface area contributed by atoms with Crippen molar-refractivity contribution in [1.82, 2.24) is 9.88 Å². The van der Waals surface area contributed by atoms with E-state index >= 15 is 0 Å². The number of likely N-dealkylation sites (N-methyl/N-ethyl adjacent to an activating group) is 1. The summed E-state index contributed by atoms with van der Waals surface area (Å²) < 4.78 is 5.52. The number of aromatic nitrogens is 1. The molecule has 2 atom stereocenters. The van der Waals surface area contributed by atoms with E-state index in [9.17, 15) is 20.0 Å². The number of fused-ring (bicyclic) bond motifs is 1. The number of amides is 2. The lowest BCUT2D eigenvalue weighted by Crippen LogP contribution is -2.38. The van der Waals surface area contributed by atoms with Gasteiger partial charge in [-0.15, -0.1) is 11.3 Å². The zero-order chi connectivity index (χ0) is 23.1. The van der Waals surface area contributed by atoms with Crippen molar-refractivity contribution in [3.8, 4) is 6.07 Å². The molecule has 2 aromatic rings. The Balaban J connectivity index is 1.64. The second-order valence-electron chi connectivity index (χ2n) is 7.39. The molecule has 2 aromatic heterocycles. The molecule has 0 aliphatic heterocycles. The van der Waals surface area contributed by atoms with Gasteiger partial charge in [0, 0.05) is 36.8 Å². The van der Waals surface area contributed by atoms with E-state index in [1.54, 1.807) is 24.5 Å². The zero-order valence-corrected chi connectivity index (χ0v) is 18.3. The van der Waals surface area contributed by atoms with Crippen LogP contribution in [-0.2, 0) is 22.4 Å². The standard InChI is InChI=1S/C22H24N4O5S/c1-26(12-15(28)13-27)22(30)31-16-5-6-17-18(10-23)21(32-19(17)9-16)25-20(29)7-4-14-3-2-8-24-11-14/h2-4,7-8,11,15-16,27-28H,5-6,9,12-13H2,1H3,(H,25,29)/b7-4+. The lowest BCUT2D eigenvalue weighted by Gasteiger charge is -2.26. The van der Waals surface area contributed by atoms with Gasteiger partial charge in [-0.2, -0.15) is 5.26 Å². The number of pyridine rings is 1. The second-order valence-corrected chi connectivity index (χ2v) is 8.50. The van der Waals surface area contributed by atoms with Crippen molar-refractivity contribution in [1.29, 1.82) is 5.26 Å². The maximum atomic E-state index is 12.3. The zero-order valence-electron chi connectivity index (χ0n) is 17.5. The van der Waals surface area contributed by atoms with E-state index in [4.69, 9.17) is 9.84 Å². The van der Waals surface area contributed by atoms with E-state index in [1.807, 2.05) is 6.07 Å². The number of thiophene rings is 1. The number of aliphatic hydroxyl groups excluding tert-OH is 2. The Bertz CT molecular complexity index is 1030. The van der Waals surface area contributed by atoms with E-state index in [-0.39, 0.29) is 18.6 Å². The molecule has 0 bridgehead atoms. The van der Waals surface area contributed by atoms with E-state index in [0.717, 1.165) is 16.0 Å². The molecule has 0 radical (unpaired) electrons. The predicted molar refractivity (Wildman–Crippen MR) is 119 cm³/mol. The molecular weight excluding hydrogens is 432 g/mol. The van der Waals surface area contributed by atoms with Crippen LogP contribution in [0.2, 0.25) is 0 Å². The van der Waals surface area contributed by atoms with Crippen LogP contribution in [0.5, 0.6) is 0 Å². The molecule has 0 saturated carbocycles. The lowest BCUT2D eigenvalue weighted by atomic mass is 9.94. The minimum absolute atomic E-state index is 0.0341. The minimum atomic E-state index is -1.03. The van der Waals surface area contributed by atoms with E-state index in [2.05, 4.69) is 16.4 Å². The summed E-state index contributed by atoms with van der Waals surface area (Å²) in [6.07, 6.45) is 5.87. The molecule has 168 valence electrons. The highest BCUT2D eigenvalue weighted by atomic mass is 32.1. The summed E-state index contributed by atoms with van der Waals surface area (Å²) in [5.74, 6) is -0.351. The Morgan fingerprint density at radius 2 is 2.34 bits per heavy atom. The van der Waals surface area contributed by atoms with Gasteiger partial charge in [0.15, 0.2) is 0 Å². The van der Waals surface area contributed by atoms with Gasteiger partial charge >= 0.3 is 6.09 Å². The molecule has 2 amide bonds. The summed E-state index contributed by atoms with van der Waals surface area (Å²) in [4.78, 5) is 30.7. The number of hydrogen-bond donors (Lipinski definition) is 3. The van der Waals surface area contributed by atoms with Crippen LogP contribution in [0, 0.1) is 11.3 Å². The number of carbonyl (C=O) groups excluding carboxylic acids is 2. The molecule has 1 aliphatic rings. The Morgan fingerprint density at radius 1 is 1.53 bits per heavy atom. The molecular formula is C22H24N4O5S. The normalized spacial score (nSPS) is 16.1. The number of anilines is 1. The molecule has 1 aliphatic carbocycles. The van der Waals surface area contributed by atoms with Gasteiger partial charge < -0.3 is 25.2 Å². The van der Waals surface area contributed by atoms with Crippen LogP contribution in [0.4, 0.5) is 9.80 Å². The summed E-state index contributed by atoms with van der Waals surface area (Å²) in [5.41, 5.74) is 2.11.